The SMILES string of the molecule is [C-]#[N+]c1ccc(Oc2ccc(/C=C3\SC(=O)N(CCCCOCCCCOCCCCCCC(=O)N[C@H](C(=O)N4C[C@H](O)C[C@H]4C(=O)NCc4ccc(-c5scnc5C)cc4)C(C)(C)C)C3=O)cc2OC)c(C)c1. The van der Waals surface area contributed by atoms with Crippen LogP contribution in [0.1, 0.15) is 107 Å². The number of nitrogens with zero attached hydrogens (tertiary/aromatic N) is 4. The number of carbonyl (C=O) groups is 5. The molecule has 0 spiro atoms. The minimum absolute atomic E-state index is 0.0198. The van der Waals surface area contributed by atoms with Crippen LogP contribution in [0, 0.1) is 25.8 Å². The van der Waals surface area contributed by atoms with Gasteiger partial charge < -0.3 is 39.6 Å². The molecule has 3 N–H and O–H groups in total. The Kier molecular flexibility index (Phi) is 21.6. The Bertz CT molecular complexity index is 2640. The quantitative estimate of drug-likeness (QED) is 0.0292. The monoisotopic (exact) mass is 1050 g/mol. The number of hydrogen-bond acceptors (Lipinski definition) is 13. The van der Waals surface area contributed by atoms with Crippen molar-refractivity contribution in [3.8, 4) is 27.7 Å². The second kappa shape index (κ2) is 28.0. The molecule has 0 unspecified atom stereocenters. The molecular weight excluding hydrogens is 981 g/mol. The van der Waals surface area contributed by atoms with Crippen LogP contribution in [0.2, 0.25) is 0 Å². The van der Waals surface area contributed by atoms with E-state index < -0.39 is 23.6 Å². The van der Waals surface area contributed by atoms with Gasteiger partial charge in [-0.1, -0.05) is 70.0 Å². The Hall–Kier alpha value is -6.10. The second-order valence-corrected chi connectivity index (χ2v) is 21.5. The molecule has 3 heterocycles. The van der Waals surface area contributed by atoms with E-state index in [0.717, 1.165) is 71.1 Å². The summed E-state index contributed by atoms with van der Waals surface area (Å²) in [6.45, 7) is 19.7. The van der Waals surface area contributed by atoms with Crippen LogP contribution in [-0.2, 0) is 35.2 Å². The molecule has 74 heavy (non-hydrogen) atoms. The van der Waals surface area contributed by atoms with Gasteiger partial charge in [-0.05, 0) is 122 Å². The highest BCUT2D eigenvalue weighted by Gasteiger charge is 2.44. The van der Waals surface area contributed by atoms with Gasteiger partial charge in [0.2, 0.25) is 17.7 Å². The Balaban J connectivity index is 0.786. The highest BCUT2D eigenvalue weighted by atomic mass is 32.2. The van der Waals surface area contributed by atoms with Crippen molar-refractivity contribution in [1.82, 2.24) is 25.4 Å². The molecule has 18 heteroatoms. The molecular formula is C56H70N6O10S2. The molecule has 3 aromatic carbocycles. The van der Waals surface area contributed by atoms with E-state index in [9.17, 15) is 29.1 Å². The van der Waals surface area contributed by atoms with Gasteiger partial charge >= 0.3 is 0 Å². The van der Waals surface area contributed by atoms with E-state index in [0.29, 0.717) is 85.6 Å². The van der Waals surface area contributed by atoms with Gasteiger partial charge in [0, 0.05) is 58.9 Å². The summed E-state index contributed by atoms with van der Waals surface area (Å²) in [4.78, 5) is 78.3. The number of β-amino-alcohol motifs (C(OH)–C–C–N with tert-alkyl or cyclic N) is 1. The van der Waals surface area contributed by atoms with E-state index in [2.05, 4.69) is 20.5 Å². The van der Waals surface area contributed by atoms with E-state index >= 15 is 0 Å². The van der Waals surface area contributed by atoms with Crippen LogP contribution in [0.5, 0.6) is 17.2 Å². The lowest BCUT2D eigenvalue weighted by atomic mass is 9.85. The number of aliphatic hydroxyl groups is 1. The Morgan fingerprint density at radius 1 is 0.892 bits per heavy atom. The van der Waals surface area contributed by atoms with Gasteiger partial charge in [-0.15, -0.1) is 11.3 Å². The van der Waals surface area contributed by atoms with Crippen molar-refractivity contribution in [2.75, 3.05) is 46.6 Å². The molecule has 0 aliphatic carbocycles. The summed E-state index contributed by atoms with van der Waals surface area (Å²) in [5, 5.41) is 16.2. The number of hydrogen-bond donors (Lipinski definition) is 3. The van der Waals surface area contributed by atoms with E-state index in [1.165, 1.54) is 16.9 Å². The van der Waals surface area contributed by atoms with Crippen LogP contribution in [0.25, 0.3) is 21.4 Å². The molecule has 396 valence electrons. The number of rotatable bonds is 27. The average molecular weight is 1050 g/mol. The van der Waals surface area contributed by atoms with E-state index in [-0.39, 0.29) is 54.8 Å². The maximum Gasteiger partial charge on any atom is 0.293 e. The van der Waals surface area contributed by atoms with Crippen LogP contribution in [-0.4, -0.2) is 114 Å². The summed E-state index contributed by atoms with van der Waals surface area (Å²) in [5.41, 5.74) is 6.15. The van der Waals surface area contributed by atoms with Crippen LogP contribution in [0.3, 0.4) is 0 Å². The molecule has 0 saturated carbocycles. The number of benzene rings is 3. The number of imide groups is 1. The summed E-state index contributed by atoms with van der Waals surface area (Å²) in [7, 11) is 1.53. The summed E-state index contributed by atoms with van der Waals surface area (Å²) < 4.78 is 23.2. The largest absolute Gasteiger partial charge is 0.493 e. The third-order valence-electron chi connectivity index (χ3n) is 12.8. The molecule has 2 fully saturated rings. The van der Waals surface area contributed by atoms with Gasteiger partial charge in [-0.25, -0.2) is 9.83 Å². The third-order valence-corrected chi connectivity index (χ3v) is 14.7. The third kappa shape index (κ3) is 16.4. The number of thiazole rings is 1. The zero-order valence-corrected chi connectivity index (χ0v) is 45.0. The van der Waals surface area contributed by atoms with Gasteiger partial charge in [0.1, 0.15) is 17.8 Å². The second-order valence-electron chi connectivity index (χ2n) is 19.7. The number of carbonyl (C=O) groups excluding carboxylic acids is 5. The number of aliphatic hydroxyl groups excluding tert-OH is 1. The molecule has 3 atom stereocenters. The minimum atomic E-state index is -0.869. The zero-order chi connectivity index (χ0) is 53.2. The molecule has 0 radical (unpaired) electrons. The molecule has 5 amide bonds. The van der Waals surface area contributed by atoms with Crippen LogP contribution >= 0.6 is 23.1 Å². The van der Waals surface area contributed by atoms with E-state index in [1.54, 1.807) is 53.8 Å². The fourth-order valence-corrected chi connectivity index (χ4v) is 10.3. The highest BCUT2D eigenvalue weighted by molar-refractivity contribution is 8.18. The fraction of sp³-hybridized carbons (Fsp3) is 0.482. The molecule has 1 aromatic heterocycles. The summed E-state index contributed by atoms with van der Waals surface area (Å²) >= 11 is 2.49. The van der Waals surface area contributed by atoms with Crippen molar-refractivity contribution in [3.63, 3.8) is 0 Å². The predicted molar refractivity (Wildman–Crippen MR) is 288 cm³/mol. The molecule has 2 aliphatic heterocycles. The molecule has 0 bridgehead atoms. The standard InChI is InChI=1S/C56H70N6O10S2/c1-37-30-42(57-6)22-24-45(37)72-46-23-19-40(31-47(46)69-7)32-48-53(66)61(55(68)74-48)25-11-13-27-71-29-15-14-28-70-26-12-9-8-10-16-49(64)60-51(56(3,4)5)54(67)62-35-43(63)33-44(62)52(65)58-34-39-17-20-41(21-18-39)50-38(2)59-36-73-50/h17-24,30-32,36,43-44,51,63H,8-16,25-29,33-35H2,1-5,7H3,(H,58,65)(H,60,64)/b48-32-/t43-,44+,51-/m1/s1. The molecule has 6 rings (SSSR count). The first-order valence-corrected chi connectivity index (χ1v) is 27.1. The fourth-order valence-electron chi connectivity index (χ4n) is 8.58. The minimum Gasteiger partial charge on any atom is -0.493 e. The maximum absolute atomic E-state index is 14.0. The molecule has 4 aromatic rings. The lowest BCUT2D eigenvalue weighted by Crippen LogP contribution is -2.57. The lowest BCUT2D eigenvalue weighted by molar-refractivity contribution is -0.144. The van der Waals surface area contributed by atoms with Gasteiger partial charge in [0.15, 0.2) is 17.2 Å². The van der Waals surface area contributed by atoms with Crippen LogP contribution < -0.4 is 20.1 Å². The Morgan fingerprint density at radius 2 is 1.57 bits per heavy atom. The van der Waals surface area contributed by atoms with Crippen molar-refractivity contribution in [1.29, 1.82) is 0 Å². The molecule has 2 saturated heterocycles. The topological polar surface area (TPSA) is 190 Å². The number of nitrogens with one attached hydrogen (secondary N) is 2. The Labute approximate surface area is 443 Å². The van der Waals surface area contributed by atoms with Crippen molar-refractivity contribution < 1.29 is 48.0 Å². The van der Waals surface area contributed by atoms with Gasteiger partial charge in [0.05, 0.1) is 40.8 Å². The number of aromatic nitrogens is 1. The first-order chi connectivity index (χ1) is 35.6. The molecule has 2 aliphatic rings. The highest BCUT2D eigenvalue weighted by Crippen LogP contribution is 2.38. The number of unbranched alkanes of at least 4 members (excludes halogenated alkanes) is 5. The van der Waals surface area contributed by atoms with Crippen molar-refractivity contribution >= 4 is 63.7 Å². The summed E-state index contributed by atoms with van der Waals surface area (Å²) in [6.07, 6.45) is 7.58. The summed E-state index contributed by atoms with van der Waals surface area (Å²) in [6, 6.07) is 16.7. The maximum atomic E-state index is 14.0. The van der Waals surface area contributed by atoms with Crippen molar-refractivity contribution in [2.24, 2.45) is 5.41 Å². The number of methoxy groups -OCH3 is 1. The van der Waals surface area contributed by atoms with Gasteiger partial charge in [-0.2, -0.15) is 0 Å². The number of thioether (sulfide) groups is 1. The van der Waals surface area contributed by atoms with E-state index in [1.807, 2.05) is 64.4 Å². The lowest BCUT2D eigenvalue weighted by Gasteiger charge is -2.35. The van der Waals surface area contributed by atoms with Crippen molar-refractivity contribution in [2.45, 2.75) is 124 Å². The smallest absolute Gasteiger partial charge is 0.293 e. The number of likely N-dealkylation sites (tertiary alicyclic amines) is 1. The van der Waals surface area contributed by atoms with E-state index in [4.69, 9.17) is 25.5 Å². The van der Waals surface area contributed by atoms with Gasteiger partial charge in [-0.3, -0.25) is 28.9 Å². The van der Waals surface area contributed by atoms with Crippen molar-refractivity contribution in [3.05, 3.63) is 105 Å². The zero-order valence-electron chi connectivity index (χ0n) is 43.4. The summed E-state index contributed by atoms with van der Waals surface area (Å²) in [5.74, 6) is 0.277. The Morgan fingerprint density at radius 3 is 2.22 bits per heavy atom. The number of aryl methyl sites for hydroxylation is 2. The predicted octanol–water partition coefficient (Wildman–Crippen LogP) is 10.2. The average Bonchev–Trinajstić information content (AvgIpc) is 4.07. The number of ether oxygens (including phenoxy) is 4. The first-order valence-electron chi connectivity index (χ1n) is 25.4. The molecule has 16 nitrogen and oxygen atoms in total. The van der Waals surface area contributed by atoms with Crippen LogP contribution in [0.4, 0.5) is 10.5 Å². The number of amides is 5. The normalized spacial score (nSPS) is 16.6. The first kappa shape index (κ1) is 57.2. The van der Waals surface area contributed by atoms with Gasteiger partial charge in [0.25, 0.3) is 11.1 Å². The van der Waals surface area contributed by atoms with Crippen LogP contribution in [0.15, 0.2) is 71.1 Å².